The van der Waals surface area contributed by atoms with Crippen LogP contribution in [0.1, 0.15) is 5.56 Å². The van der Waals surface area contributed by atoms with E-state index in [2.05, 4.69) is 5.32 Å². The van der Waals surface area contributed by atoms with Gasteiger partial charge in [0, 0.05) is 23.0 Å². The minimum absolute atomic E-state index is 0.254. The zero-order chi connectivity index (χ0) is 15.8. The van der Waals surface area contributed by atoms with Crippen molar-refractivity contribution in [2.24, 2.45) is 0 Å². The molecule has 0 aliphatic carbocycles. The average Bonchev–Trinajstić information content (AvgIpc) is 2.90. The predicted molar refractivity (Wildman–Crippen MR) is 87.4 cm³/mol. The Balaban J connectivity index is 1.68. The Kier molecular flexibility index (Phi) is 3.23. The van der Waals surface area contributed by atoms with Gasteiger partial charge < -0.3 is 9.73 Å². The van der Waals surface area contributed by atoms with Crippen LogP contribution in [-0.4, -0.2) is 0 Å². The molecular formula is C19H13F2NO. The van der Waals surface area contributed by atoms with Crippen LogP contribution in [-0.2, 0) is 6.54 Å². The monoisotopic (exact) mass is 309 g/mol. The second kappa shape index (κ2) is 5.39. The van der Waals surface area contributed by atoms with Gasteiger partial charge >= 0.3 is 0 Å². The van der Waals surface area contributed by atoms with Crippen molar-refractivity contribution in [1.82, 2.24) is 0 Å². The lowest BCUT2D eigenvalue weighted by molar-refractivity contribution is 0.625. The highest BCUT2D eigenvalue weighted by atomic mass is 19.1. The summed E-state index contributed by atoms with van der Waals surface area (Å²) in [5, 5.41) is 4.84. The van der Waals surface area contributed by atoms with E-state index in [1.165, 1.54) is 24.3 Å². The lowest BCUT2D eigenvalue weighted by Gasteiger charge is -2.06. The van der Waals surface area contributed by atoms with Gasteiger partial charge in [0.05, 0.1) is 0 Å². The van der Waals surface area contributed by atoms with Crippen LogP contribution < -0.4 is 5.32 Å². The van der Waals surface area contributed by atoms with Gasteiger partial charge in [-0.1, -0.05) is 12.1 Å². The van der Waals surface area contributed by atoms with Crippen LogP contribution in [0.25, 0.3) is 21.9 Å². The van der Waals surface area contributed by atoms with Gasteiger partial charge in [0.2, 0.25) is 0 Å². The van der Waals surface area contributed by atoms with Gasteiger partial charge in [-0.3, -0.25) is 0 Å². The topological polar surface area (TPSA) is 25.2 Å². The van der Waals surface area contributed by atoms with E-state index in [9.17, 15) is 8.78 Å². The fraction of sp³-hybridized carbons (Fsp3) is 0.0526. The predicted octanol–water partition coefficient (Wildman–Crippen LogP) is 5.48. The lowest BCUT2D eigenvalue weighted by atomic mass is 10.1. The Labute approximate surface area is 131 Å². The SMILES string of the molecule is Fc1cccc(CNc2ccc3oc4ccc(F)cc4c3c2)c1. The van der Waals surface area contributed by atoms with Crippen molar-refractivity contribution in [3.8, 4) is 0 Å². The summed E-state index contributed by atoms with van der Waals surface area (Å²) in [6.45, 7) is 0.507. The summed E-state index contributed by atoms with van der Waals surface area (Å²) in [5.74, 6) is -0.547. The molecule has 0 atom stereocenters. The molecule has 0 aliphatic rings. The maximum absolute atomic E-state index is 13.5. The van der Waals surface area contributed by atoms with E-state index < -0.39 is 0 Å². The van der Waals surface area contributed by atoms with Crippen molar-refractivity contribution in [3.05, 3.63) is 77.9 Å². The third-order valence-corrected chi connectivity index (χ3v) is 3.82. The standard InChI is InChI=1S/C19H13F2NO/c20-13-3-1-2-12(8-13)11-22-15-5-7-19-17(10-15)16-9-14(21)4-6-18(16)23-19/h1-10,22H,11H2. The van der Waals surface area contributed by atoms with Gasteiger partial charge in [0.15, 0.2) is 0 Å². The number of fused-ring (bicyclic) bond motifs is 3. The summed E-state index contributed by atoms with van der Waals surface area (Å²) < 4.78 is 32.4. The summed E-state index contributed by atoms with van der Waals surface area (Å²) in [7, 11) is 0. The molecule has 4 heteroatoms. The largest absolute Gasteiger partial charge is 0.456 e. The molecule has 0 saturated carbocycles. The second-order valence-electron chi connectivity index (χ2n) is 5.44. The number of benzene rings is 3. The van der Waals surface area contributed by atoms with Crippen molar-refractivity contribution < 1.29 is 13.2 Å². The van der Waals surface area contributed by atoms with Crippen molar-refractivity contribution in [2.45, 2.75) is 6.54 Å². The molecule has 4 aromatic rings. The van der Waals surface area contributed by atoms with E-state index in [0.717, 1.165) is 22.0 Å². The quantitative estimate of drug-likeness (QED) is 0.542. The maximum Gasteiger partial charge on any atom is 0.135 e. The highest BCUT2D eigenvalue weighted by molar-refractivity contribution is 6.05. The molecule has 0 bridgehead atoms. The summed E-state index contributed by atoms with van der Waals surface area (Å²) in [6, 6.07) is 16.6. The number of halogens is 2. The molecule has 0 fully saturated rings. The minimum atomic E-state index is -0.293. The highest BCUT2D eigenvalue weighted by Gasteiger charge is 2.08. The molecule has 0 radical (unpaired) electrons. The molecule has 0 unspecified atom stereocenters. The highest BCUT2D eigenvalue weighted by Crippen LogP contribution is 2.31. The van der Waals surface area contributed by atoms with E-state index >= 15 is 0 Å². The third-order valence-electron chi connectivity index (χ3n) is 3.82. The van der Waals surface area contributed by atoms with Gasteiger partial charge in [-0.2, -0.15) is 0 Å². The Morgan fingerprint density at radius 3 is 2.35 bits per heavy atom. The van der Waals surface area contributed by atoms with Gasteiger partial charge in [-0.15, -0.1) is 0 Å². The van der Waals surface area contributed by atoms with Crippen LogP contribution in [0.15, 0.2) is 65.1 Å². The second-order valence-corrected chi connectivity index (χ2v) is 5.44. The molecule has 1 N–H and O–H groups in total. The smallest absolute Gasteiger partial charge is 0.135 e. The van der Waals surface area contributed by atoms with E-state index in [0.29, 0.717) is 17.7 Å². The van der Waals surface area contributed by atoms with E-state index in [-0.39, 0.29) is 11.6 Å². The first-order valence-corrected chi connectivity index (χ1v) is 7.29. The zero-order valence-electron chi connectivity index (χ0n) is 12.1. The minimum Gasteiger partial charge on any atom is -0.456 e. The summed E-state index contributed by atoms with van der Waals surface area (Å²) >= 11 is 0. The molecule has 0 aliphatic heterocycles. The van der Waals surface area contributed by atoms with Gasteiger partial charge in [0.25, 0.3) is 0 Å². The summed E-state index contributed by atoms with van der Waals surface area (Å²) in [5.41, 5.74) is 3.09. The molecule has 2 nitrogen and oxygen atoms in total. The fourth-order valence-corrected chi connectivity index (χ4v) is 2.71. The molecule has 1 heterocycles. The first-order chi connectivity index (χ1) is 11.2. The molecule has 0 spiro atoms. The van der Waals surface area contributed by atoms with Crippen molar-refractivity contribution in [3.63, 3.8) is 0 Å². The third kappa shape index (κ3) is 2.63. The Bertz CT molecular complexity index is 1010. The van der Waals surface area contributed by atoms with Gasteiger partial charge in [0.1, 0.15) is 22.8 Å². The number of hydrogen-bond donors (Lipinski definition) is 1. The Morgan fingerprint density at radius 1 is 0.783 bits per heavy atom. The van der Waals surface area contributed by atoms with Gasteiger partial charge in [-0.05, 0) is 54.1 Å². The molecule has 0 saturated heterocycles. The van der Waals surface area contributed by atoms with Crippen molar-refractivity contribution in [1.29, 1.82) is 0 Å². The number of furan rings is 1. The summed E-state index contributed by atoms with van der Waals surface area (Å²) in [4.78, 5) is 0. The number of anilines is 1. The van der Waals surface area contributed by atoms with Crippen molar-refractivity contribution in [2.75, 3.05) is 5.32 Å². The number of rotatable bonds is 3. The number of nitrogens with one attached hydrogen (secondary N) is 1. The molecule has 4 rings (SSSR count). The molecule has 3 aromatic carbocycles. The molecule has 23 heavy (non-hydrogen) atoms. The molecule has 1 aromatic heterocycles. The van der Waals surface area contributed by atoms with E-state index in [1.807, 2.05) is 24.3 Å². The van der Waals surface area contributed by atoms with Crippen LogP contribution in [0.5, 0.6) is 0 Å². The number of hydrogen-bond acceptors (Lipinski definition) is 2. The zero-order valence-corrected chi connectivity index (χ0v) is 12.1. The summed E-state index contributed by atoms with van der Waals surface area (Å²) in [6.07, 6.45) is 0. The van der Waals surface area contributed by atoms with E-state index in [4.69, 9.17) is 4.42 Å². The van der Waals surface area contributed by atoms with Crippen LogP contribution >= 0.6 is 0 Å². The van der Waals surface area contributed by atoms with Gasteiger partial charge in [-0.25, -0.2) is 8.78 Å². The van der Waals surface area contributed by atoms with Crippen LogP contribution in [0.3, 0.4) is 0 Å². The fourth-order valence-electron chi connectivity index (χ4n) is 2.71. The van der Waals surface area contributed by atoms with Crippen LogP contribution in [0.4, 0.5) is 14.5 Å². The first kappa shape index (κ1) is 13.8. The Hall–Kier alpha value is -2.88. The molecular weight excluding hydrogens is 296 g/mol. The van der Waals surface area contributed by atoms with Crippen molar-refractivity contribution >= 4 is 27.6 Å². The van der Waals surface area contributed by atoms with E-state index in [1.54, 1.807) is 12.1 Å². The normalized spacial score (nSPS) is 11.2. The molecule has 114 valence electrons. The Morgan fingerprint density at radius 2 is 1.52 bits per heavy atom. The van der Waals surface area contributed by atoms with Crippen LogP contribution in [0, 0.1) is 11.6 Å². The van der Waals surface area contributed by atoms with Crippen LogP contribution in [0.2, 0.25) is 0 Å². The first-order valence-electron chi connectivity index (χ1n) is 7.29. The lowest BCUT2D eigenvalue weighted by Crippen LogP contribution is -1.99. The maximum atomic E-state index is 13.5. The molecule has 0 amide bonds. The average molecular weight is 309 g/mol.